The van der Waals surface area contributed by atoms with Crippen molar-refractivity contribution in [1.29, 1.82) is 0 Å². The Morgan fingerprint density at radius 2 is 2.18 bits per heavy atom. The van der Waals surface area contributed by atoms with Gasteiger partial charge in [0.25, 0.3) is 0 Å². The smallest absolute Gasteiger partial charge is 0.225 e. The molecule has 3 rings (SSSR count). The maximum Gasteiger partial charge on any atom is 0.225 e. The molecule has 1 aliphatic rings. The van der Waals surface area contributed by atoms with E-state index in [4.69, 9.17) is 16.3 Å². The first-order valence-electron chi connectivity index (χ1n) is 8.83. The van der Waals surface area contributed by atoms with E-state index in [1.807, 2.05) is 6.92 Å². The van der Waals surface area contributed by atoms with Crippen molar-refractivity contribution in [3.63, 3.8) is 0 Å². The fourth-order valence-corrected chi connectivity index (χ4v) is 3.14. The Kier molecular flexibility index (Phi) is 6.33. The zero-order chi connectivity index (χ0) is 20.3. The molecule has 0 radical (unpaired) electrons. The predicted octanol–water partition coefficient (Wildman–Crippen LogP) is -2.77. The topological polar surface area (TPSA) is 190 Å². The number of aromatic nitrogens is 4. The number of carbonyl (C=O) groups excluding carboxylic acids is 1. The fourth-order valence-electron chi connectivity index (χ4n) is 3.14. The molecule has 3 heterocycles. The Morgan fingerprint density at radius 3 is 2.89 bits per heavy atom. The van der Waals surface area contributed by atoms with E-state index < -0.39 is 24.5 Å². The van der Waals surface area contributed by atoms with Gasteiger partial charge in [-0.05, 0) is 19.9 Å². The number of nitrogens with two attached hydrogens (primary N) is 2. The highest BCUT2D eigenvalue weighted by molar-refractivity contribution is 5.81. The highest BCUT2D eigenvalue weighted by Crippen LogP contribution is 2.31. The Labute approximate surface area is 160 Å². The Hall–Kier alpha value is -2.42. The van der Waals surface area contributed by atoms with Crippen molar-refractivity contribution >= 4 is 23.4 Å². The molecule has 154 valence electrons. The molecule has 1 amide bonds. The molecule has 5 atom stereocenters. The second-order valence-electron chi connectivity index (χ2n) is 6.61. The van der Waals surface area contributed by atoms with Crippen LogP contribution in [0.5, 0.6) is 0 Å². The van der Waals surface area contributed by atoms with Crippen molar-refractivity contribution in [2.24, 2.45) is 5.84 Å². The molecule has 13 nitrogen and oxygen atoms in total. The van der Waals surface area contributed by atoms with Crippen LogP contribution in [-0.4, -0.2) is 78.6 Å². The van der Waals surface area contributed by atoms with Gasteiger partial charge in [0.05, 0.1) is 6.33 Å². The van der Waals surface area contributed by atoms with Crippen LogP contribution in [-0.2, 0) is 9.53 Å². The maximum atomic E-state index is 10.8. The number of aliphatic hydroxyl groups excluding tert-OH is 2. The molecule has 3 unspecified atom stereocenters. The van der Waals surface area contributed by atoms with Gasteiger partial charge in [-0.15, -0.1) is 0 Å². The number of nitrogens with zero attached hydrogens (tertiary/aromatic N) is 5. The van der Waals surface area contributed by atoms with Crippen molar-refractivity contribution in [3.8, 4) is 0 Å². The van der Waals surface area contributed by atoms with Gasteiger partial charge in [-0.1, -0.05) is 0 Å². The number of rotatable bonds is 9. The van der Waals surface area contributed by atoms with Crippen molar-refractivity contribution in [1.82, 2.24) is 35.4 Å². The minimum Gasteiger partial charge on any atom is -0.387 e. The van der Waals surface area contributed by atoms with E-state index in [1.165, 1.54) is 22.2 Å². The molecule has 1 saturated heterocycles. The Balaban J connectivity index is 1.58. The molecule has 1 fully saturated rings. The molecule has 0 bridgehead atoms. The largest absolute Gasteiger partial charge is 0.387 e. The third kappa shape index (κ3) is 3.89. The molecule has 8 N–H and O–H groups in total. The third-order valence-electron chi connectivity index (χ3n) is 4.82. The van der Waals surface area contributed by atoms with Gasteiger partial charge < -0.3 is 26.0 Å². The standard InChI is InChI=1S/C15H25N9O4/c1-8(24(7-25)22-17)2-3-18-4-9-11(26)12(27)15(28-9)23-6-21-10-13(16)19-5-20-14(10)23/h5-9,11-12,15,18,22,26-27H,2-4,17H2,1H3,(H2,16,19,20)/t8?,9-,11?,12?,15-/m1/s1. The van der Waals surface area contributed by atoms with Crippen molar-refractivity contribution in [2.45, 2.75) is 43.9 Å². The molecular formula is C15H25N9O4. The molecule has 0 saturated carbocycles. The molecular weight excluding hydrogens is 370 g/mol. The Morgan fingerprint density at radius 1 is 1.39 bits per heavy atom. The second kappa shape index (κ2) is 8.72. The molecule has 2 aromatic heterocycles. The van der Waals surface area contributed by atoms with Crippen LogP contribution in [0.1, 0.15) is 19.6 Å². The van der Waals surface area contributed by atoms with Crippen LogP contribution in [0.2, 0.25) is 0 Å². The lowest BCUT2D eigenvalue weighted by atomic mass is 10.1. The molecule has 1 aliphatic heterocycles. The van der Waals surface area contributed by atoms with E-state index in [0.717, 1.165) is 0 Å². The number of hydrazine groups is 2. The minimum atomic E-state index is -1.16. The normalized spacial score (nSPS) is 25.9. The third-order valence-corrected chi connectivity index (χ3v) is 4.82. The summed E-state index contributed by atoms with van der Waals surface area (Å²) in [6.45, 7) is 2.70. The van der Waals surface area contributed by atoms with E-state index in [9.17, 15) is 15.0 Å². The number of anilines is 1. The van der Waals surface area contributed by atoms with Crippen LogP contribution >= 0.6 is 0 Å². The average molecular weight is 395 g/mol. The minimum absolute atomic E-state index is 0.120. The second-order valence-corrected chi connectivity index (χ2v) is 6.61. The fraction of sp³-hybridized carbons (Fsp3) is 0.600. The van der Waals surface area contributed by atoms with Crippen LogP contribution in [0, 0.1) is 0 Å². The SMILES string of the molecule is CC(CCNC[C@H]1O[C@@H](n2cnc3c(N)ncnc32)C(O)C1O)N(C=O)NN. The van der Waals surface area contributed by atoms with E-state index in [0.29, 0.717) is 37.1 Å². The summed E-state index contributed by atoms with van der Waals surface area (Å²) in [5.41, 5.74) is 8.89. The lowest BCUT2D eigenvalue weighted by molar-refractivity contribution is -0.123. The first-order chi connectivity index (χ1) is 13.5. The number of hydrogen-bond acceptors (Lipinski definition) is 11. The Bertz CT molecular complexity index is 803. The number of aliphatic hydroxyl groups is 2. The number of amides is 1. The number of hydrogen-bond donors (Lipinski definition) is 6. The van der Waals surface area contributed by atoms with Gasteiger partial charge in [-0.25, -0.2) is 15.0 Å². The summed E-state index contributed by atoms with van der Waals surface area (Å²) in [6.07, 6.45) is 0.235. The van der Waals surface area contributed by atoms with E-state index in [1.54, 1.807) is 0 Å². The van der Waals surface area contributed by atoms with E-state index in [2.05, 4.69) is 25.8 Å². The maximum absolute atomic E-state index is 10.8. The van der Waals surface area contributed by atoms with E-state index in [-0.39, 0.29) is 11.9 Å². The van der Waals surface area contributed by atoms with Crippen LogP contribution in [0.4, 0.5) is 5.82 Å². The number of imidazole rings is 1. The van der Waals surface area contributed by atoms with Gasteiger partial charge in [0.15, 0.2) is 17.7 Å². The van der Waals surface area contributed by atoms with Crippen molar-refractivity contribution in [2.75, 3.05) is 18.8 Å². The molecule has 0 aromatic carbocycles. The first-order valence-corrected chi connectivity index (χ1v) is 8.83. The van der Waals surface area contributed by atoms with Crippen LogP contribution < -0.4 is 22.4 Å². The molecule has 0 aliphatic carbocycles. The number of fused-ring (bicyclic) bond motifs is 1. The summed E-state index contributed by atoms with van der Waals surface area (Å²) in [6, 6.07) is -0.120. The number of carbonyl (C=O) groups is 1. The lowest BCUT2D eigenvalue weighted by Crippen LogP contribution is -2.48. The summed E-state index contributed by atoms with van der Waals surface area (Å²) < 4.78 is 7.36. The van der Waals surface area contributed by atoms with Crippen molar-refractivity contribution in [3.05, 3.63) is 12.7 Å². The summed E-state index contributed by atoms with van der Waals surface area (Å²) in [7, 11) is 0. The van der Waals surface area contributed by atoms with E-state index >= 15 is 0 Å². The summed E-state index contributed by atoms with van der Waals surface area (Å²) in [4.78, 5) is 23.0. The van der Waals surface area contributed by atoms with Gasteiger partial charge in [0.1, 0.15) is 30.2 Å². The lowest BCUT2D eigenvalue weighted by Gasteiger charge is -2.23. The predicted molar refractivity (Wildman–Crippen MR) is 97.8 cm³/mol. The number of nitrogen functional groups attached to an aromatic ring is 1. The zero-order valence-corrected chi connectivity index (χ0v) is 15.3. The quantitative estimate of drug-likeness (QED) is 0.112. The van der Waals surface area contributed by atoms with Crippen molar-refractivity contribution < 1.29 is 19.7 Å². The summed E-state index contributed by atoms with van der Waals surface area (Å²) in [5, 5.41) is 25.2. The van der Waals surface area contributed by atoms with Crippen LogP contribution in [0.3, 0.4) is 0 Å². The summed E-state index contributed by atoms with van der Waals surface area (Å²) >= 11 is 0. The van der Waals surface area contributed by atoms with Gasteiger partial charge in [-0.3, -0.25) is 20.2 Å². The van der Waals surface area contributed by atoms with Crippen LogP contribution in [0.25, 0.3) is 11.2 Å². The molecule has 2 aromatic rings. The average Bonchev–Trinajstić information content (AvgIpc) is 3.23. The van der Waals surface area contributed by atoms with Crippen LogP contribution in [0.15, 0.2) is 12.7 Å². The first kappa shape index (κ1) is 20.3. The zero-order valence-electron chi connectivity index (χ0n) is 15.3. The highest BCUT2D eigenvalue weighted by Gasteiger charge is 2.44. The van der Waals surface area contributed by atoms with Gasteiger partial charge >= 0.3 is 0 Å². The summed E-state index contributed by atoms with van der Waals surface area (Å²) in [5.74, 6) is 5.47. The molecule has 28 heavy (non-hydrogen) atoms. The monoisotopic (exact) mass is 395 g/mol. The number of nitrogens with one attached hydrogen (secondary N) is 2. The van der Waals surface area contributed by atoms with Gasteiger partial charge in [0.2, 0.25) is 6.41 Å². The van der Waals surface area contributed by atoms with Gasteiger partial charge in [-0.2, -0.15) is 5.53 Å². The van der Waals surface area contributed by atoms with Gasteiger partial charge in [0, 0.05) is 12.6 Å². The molecule has 0 spiro atoms. The highest BCUT2D eigenvalue weighted by atomic mass is 16.6. The number of ether oxygens (including phenoxy) is 1. The molecule has 13 heteroatoms.